The summed E-state index contributed by atoms with van der Waals surface area (Å²) in [6.45, 7) is 7.27. The van der Waals surface area contributed by atoms with Crippen molar-refractivity contribution < 1.29 is 14.3 Å². The monoisotopic (exact) mass is 361 g/mol. The van der Waals surface area contributed by atoms with Gasteiger partial charge in [-0.3, -0.25) is 9.69 Å². The Morgan fingerprint density at radius 2 is 2.04 bits per heavy atom. The molecule has 2 heterocycles. The van der Waals surface area contributed by atoms with Gasteiger partial charge < -0.3 is 20.1 Å². The molecule has 144 valence electrons. The van der Waals surface area contributed by atoms with E-state index in [0.717, 1.165) is 51.3 Å². The fourth-order valence-electron chi connectivity index (χ4n) is 3.72. The number of nitrogens with zero attached hydrogens (tertiary/aromatic N) is 1. The smallest absolute Gasteiger partial charge is 0.239 e. The molecule has 2 saturated heterocycles. The molecule has 2 fully saturated rings. The molecule has 1 amide bonds. The van der Waals surface area contributed by atoms with Crippen LogP contribution in [0.4, 0.5) is 0 Å². The number of ether oxygens (including phenoxy) is 2. The number of piperidine rings is 1. The lowest BCUT2D eigenvalue weighted by molar-refractivity contribution is -0.129. The number of methoxy groups -OCH3 is 1. The molecule has 0 aliphatic carbocycles. The zero-order chi connectivity index (χ0) is 18.4. The number of morpholine rings is 1. The van der Waals surface area contributed by atoms with Crippen LogP contribution in [0, 0.1) is 5.92 Å². The van der Waals surface area contributed by atoms with Crippen LogP contribution in [0.3, 0.4) is 0 Å². The van der Waals surface area contributed by atoms with E-state index in [4.69, 9.17) is 9.47 Å². The second-order valence-corrected chi connectivity index (χ2v) is 7.32. The van der Waals surface area contributed by atoms with Crippen molar-refractivity contribution in [3.05, 3.63) is 29.8 Å². The van der Waals surface area contributed by atoms with Gasteiger partial charge in [0, 0.05) is 19.6 Å². The molecule has 0 spiro atoms. The van der Waals surface area contributed by atoms with Crippen LogP contribution in [0.25, 0.3) is 0 Å². The highest BCUT2D eigenvalue weighted by atomic mass is 16.5. The second-order valence-electron chi connectivity index (χ2n) is 7.32. The quantitative estimate of drug-likeness (QED) is 0.802. The maximum Gasteiger partial charge on any atom is 0.239 e. The summed E-state index contributed by atoms with van der Waals surface area (Å²) in [7, 11) is 1.69. The zero-order valence-electron chi connectivity index (χ0n) is 15.9. The molecule has 2 aliphatic rings. The Hall–Kier alpha value is -1.63. The van der Waals surface area contributed by atoms with Gasteiger partial charge in [-0.1, -0.05) is 12.1 Å². The van der Waals surface area contributed by atoms with Crippen LogP contribution in [0.5, 0.6) is 5.75 Å². The minimum Gasteiger partial charge on any atom is -0.497 e. The molecule has 2 aliphatic heterocycles. The molecule has 1 aromatic carbocycles. The third-order valence-electron chi connectivity index (χ3n) is 5.44. The number of nitrogens with one attached hydrogen (secondary N) is 2. The number of carbonyl (C=O) groups is 1. The minimum atomic E-state index is -0.223. The predicted octanol–water partition coefficient (Wildman–Crippen LogP) is 1.40. The third kappa shape index (κ3) is 5.19. The van der Waals surface area contributed by atoms with Crippen LogP contribution in [0.15, 0.2) is 24.3 Å². The van der Waals surface area contributed by atoms with Crippen molar-refractivity contribution in [2.45, 2.75) is 38.5 Å². The van der Waals surface area contributed by atoms with E-state index in [1.807, 2.05) is 19.1 Å². The predicted molar refractivity (Wildman–Crippen MR) is 101 cm³/mol. The van der Waals surface area contributed by atoms with Crippen LogP contribution in [0.2, 0.25) is 0 Å². The second kappa shape index (κ2) is 9.35. The van der Waals surface area contributed by atoms with Crippen molar-refractivity contribution in [2.24, 2.45) is 5.92 Å². The van der Waals surface area contributed by atoms with Crippen molar-refractivity contribution in [3.8, 4) is 5.75 Å². The Morgan fingerprint density at radius 3 is 2.69 bits per heavy atom. The normalized spacial score (nSPS) is 25.0. The van der Waals surface area contributed by atoms with E-state index in [-0.39, 0.29) is 18.1 Å². The average Bonchev–Trinajstić information content (AvgIpc) is 2.68. The lowest BCUT2D eigenvalue weighted by Crippen LogP contribution is -2.56. The maximum absolute atomic E-state index is 12.3. The molecular formula is C20H31N3O3. The van der Waals surface area contributed by atoms with E-state index in [1.165, 1.54) is 5.56 Å². The van der Waals surface area contributed by atoms with E-state index < -0.39 is 0 Å². The molecule has 0 radical (unpaired) electrons. The van der Waals surface area contributed by atoms with Gasteiger partial charge in [0.05, 0.1) is 19.8 Å². The number of hydrogen-bond donors (Lipinski definition) is 2. The Kier molecular flexibility index (Phi) is 6.88. The number of likely N-dealkylation sites (tertiary alicyclic amines) is 1. The molecule has 2 atom stereocenters. The summed E-state index contributed by atoms with van der Waals surface area (Å²) in [5.41, 5.74) is 1.31. The fraction of sp³-hybridized carbons (Fsp3) is 0.650. The molecule has 3 rings (SSSR count). The van der Waals surface area contributed by atoms with Crippen LogP contribution in [-0.2, 0) is 16.1 Å². The largest absolute Gasteiger partial charge is 0.497 e. The zero-order valence-corrected chi connectivity index (χ0v) is 15.9. The molecule has 6 heteroatoms. The molecule has 2 N–H and O–H groups in total. The van der Waals surface area contributed by atoms with E-state index in [1.54, 1.807) is 7.11 Å². The summed E-state index contributed by atoms with van der Waals surface area (Å²) in [4.78, 5) is 14.8. The summed E-state index contributed by atoms with van der Waals surface area (Å²) in [6.07, 6.45) is 2.19. The standard InChI is InChI=1S/C20H31N3O3/c1-15-19(21-9-12-26-15)20(24)22-13-16-7-10-23(11-8-16)14-17-3-5-18(25-2)6-4-17/h3-6,15-16,19,21H,7-14H2,1-2H3,(H,22,24)/t15-,19+/m1/s1. The first kappa shape index (κ1) is 19.1. The SMILES string of the molecule is COc1ccc(CN2CCC(CNC(=O)[C@H]3NCCO[C@@H]3C)CC2)cc1. The van der Waals surface area contributed by atoms with Crippen LogP contribution in [0.1, 0.15) is 25.3 Å². The maximum atomic E-state index is 12.3. The summed E-state index contributed by atoms with van der Waals surface area (Å²) < 4.78 is 10.8. The molecule has 0 bridgehead atoms. The molecule has 0 aromatic heterocycles. The van der Waals surface area contributed by atoms with Gasteiger partial charge >= 0.3 is 0 Å². The summed E-state index contributed by atoms with van der Waals surface area (Å²) in [5.74, 6) is 1.53. The van der Waals surface area contributed by atoms with Gasteiger partial charge in [0.25, 0.3) is 0 Å². The average molecular weight is 361 g/mol. The summed E-state index contributed by atoms with van der Waals surface area (Å²) >= 11 is 0. The highest BCUT2D eigenvalue weighted by molar-refractivity contribution is 5.82. The van der Waals surface area contributed by atoms with Gasteiger partial charge in [-0.2, -0.15) is 0 Å². The van der Waals surface area contributed by atoms with Crippen molar-refractivity contribution in [1.29, 1.82) is 0 Å². The van der Waals surface area contributed by atoms with E-state index >= 15 is 0 Å². The van der Waals surface area contributed by atoms with Crippen molar-refractivity contribution in [1.82, 2.24) is 15.5 Å². The number of amides is 1. The van der Waals surface area contributed by atoms with E-state index in [0.29, 0.717) is 12.5 Å². The Labute approximate surface area is 156 Å². The van der Waals surface area contributed by atoms with Gasteiger partial charge in [0.2, 0.25) is 5.91 Å². The van der Waals surface area contributed by atoms with Gasteiger partial charge in [-0.05, 0) is 56.5 Å². The molecule has 6 nitrogen and oxygen atoms in total. The Balaban J connectivity index is 1.37. The number of carbonyl (C=O) groups excluding carboxylic acids is 1. The molecule has 26 heavy (non-hydrogen) atoms. The number of benzene rings is 1. The third-order valence-corrected chi connectivity index (χ3v) is 5.44. The van der Waals surface area contributed by atoms with Gasteiger partial charge in [-0.15, -0.1) is 0 Å². The molecule has 1 aromatic rings. The molecular weight excluding hydrogens is 330 g/mol. The Morgan fingerprint density at radius 1 is 1.31 bits per heavy atom. The van der Waals surface area contributed by atoms with E-state index in [2.05, 4.69) is 27.7 Å². The first-order valence-corrected chi connectivity index (χ1v) is 9.63. The van der Waals surface area contributed by atoms with Gasteiger partial charge in [0.15, 0.2) is 0 Å². The highest BCUT2D eigenvalue weighted by Gasteiger charge is 2.29. The van der Waals surface area contributed by atoms with Crippen molar-refractivity contribution in [3.63, 3.8) is 0 Å². The number of rotatable bonds is 6. The first-order valence-electron chi connectivity index (χ1n) is 9.63. The minimum absolute atomic E-state index is 0.0601. The summed E-state index contributed by atoms with van der Waals surface area (Å²) in [6, 6.07) is 8.07. The van der Waals surface area contributed by atoms with E-state index in [9.17, 15) is 4.79 Å². The Bertz CT molecular complexity index is 570. The van der Waals surface area contributed by atoms with Crippen LogP contribution >= 0.6 is 0 Å². The topological polar surface area (TPSA) is 62.8 Å². The van der Waals surface area contributed by atoms with Gasteiger partial charge in [-0.25, -0.2) is 0 Å². The lowest BCUT2D eigenvalue weighted by atomic mass is 9.96. The van der Waals surface area contributed by atoms with Crippen LogP contribution < -0.4 is 15.4 Å². The molecule has 0 saturated carbocycles. The lowest BCUT2D eigenvalue weighted by Gasteiger charge is -2.33. The van der Waals surface area contributed by atoms with Crippen molar-refractivity contribution in [2.75, 3.05) is 39.9 Å². The summed E-state index contributed by atoms with van der Waals surface area (Å²) in [5, 5.41) is 6.36. The van der Waals surface area contributed by atoms with Gasteiger partial charge in [0.1, 0.15) is 11.8 Å². The highest BCUT2D eigenvalue weighted by Crippen LogP contribution is 2.20. The molecule has 0 unspecified atom stereocenters. The fourth-order valence-corrected chi connectivity index (χ4v) is 3.72. The number of hydrogen-bond acceptors (Lipinski definition) is 5. The first-order chi connectivity index (χ1) is 12.7. The van der Waals surface area contributed by atoms with Crippen molar-refractivity contribution >= 4 is 5.91 Å². The van der Waals surface area contributed by atoms with Crippen LogP contribution in [-0.4, -0.2) is 62.8 Å².